The van der Waals surface area contributed by atoms with Crippen molar-refractivity contribution in [2.45, 2.75) is 61.3 Å². The maximum absolute atomic E-state index is 13.2. The molecule has 0 aromatic carbocycles. The van der Waals surface area contributed by atoms with E-state index < -0.39 is 71.4 Å². The second-order valence-corrected chi connectivity index (χ2v) is 6.17. The van der Waals surface area contributed by atoms with Gasteiger partial charge in [-0.1, -0.05) is 0 Å². The van der Waals surface area contributed by atoms with Gasteiger partial charge in [0.15, 0.2) is 49.4 Å². The fourth-order valence-electron chi connectivity index (χ4n) is 1.50. The van der Waals surface area contributed by atoms with Crippen LogP contribution in [0.5, 0.6) is 0 Å². The molecule has 0 spiro atoms. The Balaban J connectivity index is 0. The maximum atomic E-state index is 13.2. The Morgan fingerprint density at radius 1 is 0.500 bits per heavy atom. The van der Waals surface area contributed by atoms with E-state index in [1.54, 1.807) is 0 Å². The van der Waals surface area contributed by atoms with E-state index in [9.17, 15) is 61.3 Å². The third-order valence-electron chi connectivity index (χ3n) is 2.90. The van der Waals surface area contributed by atoms with E-state index in [0.717, 1.165) is 0 Å². The van der Waals surface area contributed by atoms with Crippen LogP contribution in [0.15, 0.2) is 0 Å². The normalized spacial score (nSPS) is 23.1. The summed E-state index contributed by atoms with van der Waals surface area (Å²) in [6.07, 6.45) is -37.0. The number of halogens is 11. The van der Waals surface area contributed by atoms with Gasteiger partial charge < -0.3 is 4.55 Å². The summed E-state index contributed by atoms with van der Waals surface area (Å²) in [6, 6.07) is 0. The molecule has 0 aromatic heterocycles. The first-order valence-corrected chi connectivity index (χ1v) is 7.61. The molecule has 26 heavy (non-hydrogen) atoms. The van der Waals surface area contributed by atoms with Gasteiger partial charge in [-0.3, -0.25) is 0 Å². The van der Waals surface area contributed by atoms with Gasteiger partial charge in [0.1, 0.15) is 10.1 Å². The van der Waals surface area contributed by atoms with Gasteiger partial charge in [-0.05, 0) is 0 Å². The molecule has 0 aliphatic heterocycles. The van der Waals surface area contributed by atoms with Crippen molar-refractivity contribution >= 4 is 10.1 Å². The van der Waals surface area contributed by atoms with Gasteiger partial charge in [-0.15, -0.1) is 0 Å². The summed E-state index contributed by atoms with van der Waals surface area (Å²) in [5.74, 6) is 0. The van der Waals surface area contributed by atoms with Crippen molar-refractivity contribution in [2.24, 2.45) is 0 Å². The van der Waals surface area contributed by atoms with Crippen molar-refractivity contribution in [2.75, 3.05) is 0 Å². The van der Waals surface area contributed by atoms with Gasteiger partial charge in [0.2, 0.25) is 5.50 Å². The van der Waals surface area contributed by atoms with Crippen LogP contribution in [0.4, 0.5) is 48.3 Å². The van der Waals surface area contributed by atoms with Crippen LogP contribution in [0.25, 0.3) is 0 Å². The molecule has 0 heterocycles. The average Bonchev–Trinajstić information content (AvgIpc) is 2.54. The zero-order valence-electron chi connectivity index (χ0n) is 12.6. The maximum Gasteiger partial charge on any atom is 1.00 e. The molecular weight excluding hydrogens is 432 g/mol. The standard InChI is InChI=1S/C10H11F11O3S.Na/c11-1(3(13)5(15)7(17)9(19)20)2(12)4(14)6(16)8(18)10(21)25(22,23)24;/h1-10H,(H,22,23,24);/q;+1/p-1. The van der Waals surface area contributed by atoms with E-state index in [1.165, 1.54) is 0 Å². The molecule has 152 valence electrons. The fraction of sp³-hybridized carbons (Fsp3) is 1.00. The molecule has 0 aromatic rings. The molecule has 0 N–H and O–H groups in total. The molecule has 9 unspecified atom stereocenters. The zero-order valence-corrected chi connectivity index (χ0v) is 15.4. The van der Waals surface area contributed by atoms with Crippen molar-refractivity contribution in [3.63, 3.8) is 0 Å². The predicted octanol–water partition coefficient (Wildman–Crippen LogP) is -0.199. The van der Waals surface area contributed by atoms with Crippen molar-refractivity contribution < 1.29 is 90.8 Å². The SMILES string of the molecule is O=S(=O)([O-])C(F)C(F)C(F)C(F)C(F)C(F)C(F)C(F)C(F)C(F)F.[Na+]. The molecule has 0 rings (SSSR count). The van der Waals surface area contributed by atoms with Crippen LogP contribution in [0.2, 0.25) is 0 Å². The van der Waals surface area contributed by atoms with Crippen LogP contribution in [-0.2, 0) is 10.1 Å². The minimum Gasteiger partial charge on any atom is -0.746 e. The smallest absolute Gasteiger partial charge is 0.746 e. The summed E-state index contributed by atoms with van der Waals surface area (Å²) in [4.78, 5) is 0. The molecule has 0 fully saturated rings. The van der Waals surface area contributed by atoms with Crippen LogP contribution in [0.1, 0.15) is 0 Å². The van der Waals surface area contributed by atoms with Crippen LogP contribution in [0, 0.1) is 0 Å². The fourth-order valence-corrected chi connectivity index (χ4v) is 1.97. The quantitative estimate of drug-likeness (QED) is 0.268. The van der Waals surface area contributed by atoms with Crippen molar-refractivity contribution in [3.05, 3.63) is 0 Å². The minimum atomic E-state index is -6.16. The molecule has 0 saturated heterocycles. The Kier molecular flexibility index (Phi) is 12.2. The average molecular weight is 442 g/mol. The summed E-state index contributed by atoms with van der Waals surface area (Å²) in [5.41, 5.74) is -4.23. The first-order valence-electron chi connectivity index (χ1n) is 6.14. The molecule has 3 nitrogen and oxygen atoms in total. The topological polar surface area (TPSA) is 57.2 Å². The minimum absolute atomic E-state index is 0. The van der Waals surface area contributed by atoms with E-state index in [1.807, 2.05) is 0 Å². The summed E-state index contributed by atoms with van der Waals surface area (Å²) < 4.78 is 171. The van der Waals surface area contributed by atoms with Gasteiger partial charge in [-0.2, -0.15) is 0 Å². The molecule has 0 saturated carbocycles. The van der Waals surface area contributed by atoms with Crippen LogP contribution in [0.3, 0.4) is 0 Å². The first kappa shape index (κ1) is 28.4. The molecule has 0 amide bonds. The third kappa shape index (κ3) is 7.28. The van der Waals surface area contributed by atoms with E-state index >= 15 is 0 Å². The molecule has 0 aliphatic carbocycles. The molecular formula is C10H10F11NaO3S. The Bertz CT molecular complexity index is 512. The molecule has 0 aliphatic rings. The Labute approximate surface area is 162 Å². The van der Waals surface area contributed by atoms with E-state index in [-0.39, 0.29) is 29.6 Å². The van der Waals surface area contributed by atoms with Gasteiger partial charge in [0.25, 0.3) is 6.43 Å². The van der Waals surface area contributed by atoms with Gasteiger partial charge in [-0.25, -0.2) is 56.7 Å². The second kappa shape index (κ2) is 11.2. The summed E-state index contributed by atoms with van der Waals surface area (Å²) in [7, 11) is -6.16. The Hall–Kier alpha value is 0.140. The van der Waals surface area contributed by atoms with Gasteiger partial charge in [0, 0.05) is 0 Å². The van der Waals surface area contributed by atoms with Crippen molar-refractivity contribution in [3.8, 4) is 0 Å². The number of hydrogen-bond donors (Lipinski definition) is 0. The van der Waals surface area contributed by atoms with Gasteiger partial charge >= 0.3 is 29.6 Å². The van der Waals surface area contributed by atoms with Crippen LogP contribution in [-0.4, -0.2) is 74.3 Å². The van der Waals surface area contributed by atoms with Crippen LogP contribution < -0.4 is 29.6 Å². The monoisotopic (exact) mass is 442 g/mol. The van der Waals surface area contributed by atoms with E-state index in [0.29, 0.717) is 0 Å². The Morgan fingerprint density at radius 2 is 0.731 bits per heavy atom. The molecule has 0 radical (unpaired) electrons. The molecule has 0 bridgehead atoms. The molecule has 16 heteroatoms. The summed E-state index contributed by atoms with van der Waals surface area (Å²) in [5, 5.41) is 0. The second-order valence-electron chi connectivity index (χ2n) is 4.73. The number of hydrogen-bond acceptors (Lipinski definition) is 3. The largest absolute Gasteiger partial charge is 1.00 e. The number of rotatable bonds is 10. The summed E-state index contributed by atoms with van der Waals surface area (Å²) >= 11 is 0. The van der Waals surface area contributed by atoms with Gasteiger partial charge in [0.05, 0.1) is 0 Å². The van der Waals surface area contributed by atoms with Crippen molar-refractivity contribution in [1.29, 1.82) is 0 Å². The third-order valence-corrected chi connectivity index (χ3v) is 3.71. The predicted molar refractivity (Wildman–Crippen MR) is 59.8 cm³/mol. The molecule has 9 atom stereocenters. The zero-order chi connectivity index (χ0) is 20.3. The van der Waals surface area contributed by atoms with Crippen molar-refractivity contribution in [1.82, 2.24) is 0 Å². The van der Waals surface area contributed by atoms with E-state index in [4.69, 9.17) is 0 Å². The van der Waals surface area contributed by atoms with Crippen LogP contribution >= 0.6 is 0 Å². The number of alkyl halides is 11. The first-order chi connectivity index (χ1) is 11.1. The Morgan fingerprint density at radius 3 is 0.962 bits per heavy atom. The van der Waals surface area contributed by atoms with E-state index in [2.05, 4.69) is 0 Å². The summed E-state index contributed by atoms with van der Waals surface area (Å²) in [6.45, 7) is 0.